The Balaban J connectivity index is 1.35. The van der Waals surface area contributed by atoms with Crippen LogP contribution in [0.4, 0.5) is 6.01 Å². The minimum absolute atomic E-state index is 0.0229. The third-order valence-electron chi connectivity index (χ3n) is 4.96. The summed E-state index contributed by atoms with van der Waals surface area (Å²) in [6.07, 6.45) is 5.12. The lowest BCUT2D eigenvalue weighted by Gasteiger charge is -2.30. The van der Waals surface area contributed by atoms with E-state index in [2.05, 4.69) is 20.2 Å². The Morgan fingerprint density at radius 3 is 2.77 bits per heavy atom. The van der Waals surface area contributed by atoms with Gasteiger partial charge in [0, 0.05) is 31.4 Å². The Morgan fingerprint density at radius 1 is 1.23 bits per heavy atom. The van der Waals surface area contributed by atoms with Crippen LogP contribution in [0.2, 0.25) is 0 Å². The van der Waals surface area contributed by atoms with Crippen molar-refractivity contribution in [1.82, 2.24) is 15.3 Å². The second kappa shape index (κ2) is 7.15. The number of benzene rings is 1. The van der Waals surface area contributed by atoms with E-state index in [4.69, 9.17) is 4.42 Å². The number of nitrogens with one attached hydrogen (secondary N) is 1. The van der Waals surface area contributed by atoms with Crippen LogP contribution in [-0.2, 0) is 4.79 Å². The monoisotopic (exact) mass is 350 g/mol. The lowest BCUT2D eigenvalue weighted by atomic mass is 9.95. The van der Waals surface area contributed by atoms with Crippen LogP contribution in [0.3, 0.4) is 0 Å². The molecule has 26 heavy (non-hydrogen) atoms. The molecule has 4 rings (SSSR count). The maximum Gasteiger partial charge on any atom is 0.298 e. The molecule has 1 aliphatic rings. The third kappa shape index (κ3) is 3.40. The van der Waals surface area contributed by atoms with E-state index in [1.54, 1.807) is 12.4 Å². The van der Waals surface area contributed by atoms with Gasteiger partial charge in [-0.2, -0.15) is 4.98 Å². The van der Waals surface area contributed by atoms with Crippen molar-refractivity contribution in [3.8, 4) is 0 Å². The Labute approximate surface area is 152 Å². The standard InChI is InChI=1S/C20H22N4O2/c1-14(16-5-4-10-21-13-16)22-19(25)15-8-11-24(12-9-15)20-23-17-6-2-3-7-18(17)26-20/h2-7,10,13-15H,8-9,11-12H2,1H3,(H,22,25). The Bertz CT molecular complexity index is 852. The average molecular weight is 350 g/mol. The van der Waals surface area contributed by atoms with Crippen LogP contribution < -0.4 is 10.2 Å². The summed E-state index contributed by atoms with van der Waals surface area (Å²) in [7, 11) is 0. The highest BCUT2D eigenvalue weighted by Gasteiger charge is 2.28. The van der Waals surface area contributed by atoms with Crippen LogP contribution in [0.25, 0.3) is 11.1 Å². The van der Waals surface area contributed by atoms with Gasteiger partial charge in [-0.05, 0) is 43.5 Å². The molecule has 1 atom stereocenters. The summed E-state index contributed by atoms with van der Waals surface area (Å²) in [6.45, 7) is 3.53. The summed E-state index contributed by atoms with van der Waals surface area (Å²) in [5.74, 6) is 0.133. The minimum atomic E-state index is -0.0359. The molecule has 1 saturated heterocycles. The molecule has 3 heterocycles. The zero-order valence-electron chi connectivity index (χ0n) is 14.8. The van der Waals surface area contributed by atoms with Crippen molar-refractivity contribution in [1.29, 1.82) is 0 Å². The van der Waals surface area contributed by atoms with E-state index in [0.717, 1.165) is 42.6 Å². The molecule has 1 unspecified atom stereocenters. The highest BCUT2D eigenvalue weighted by Crippen LogP contribution is 2.26. The van der Waals surface area contributed by atoms with Gasteiger partial charge in [0.25, 0.3) is 6.01 Å². The molecule has 0 saturated carbocycles. The van der Waals surface area contributed by atoms with Crippen LogP contribution in [0, 0.1) is 5.92 Å². The van der Waals surface area contributed by atoms with Gasteiger partial charge < -0.3 is 14.6 Å². The molecular formula is C20H22N4O2. The van der Waals surface area contributed by atoms with Crippen molar-refractivity contribution in [3.63, 3.8) is 0 Å². The molecule has 1 fully saturated rings. The average Bonchev–Trinajstić information content (AvgIpc) is 3.13. The molecule has 1 N–H and O–H groups in total. The molecule has 2 aromatic heterocycles. The van der Waals surface area contributed by atoms with Gasteiger partial charge in [0.05, 0.1) is 6.04 Å². The Kier molecular flexibility index (Phi) is 4.56. The quantitative estimate of drug-likeness (QED) is 0.781. The number of hydrogen-bond acceptors (Lipinski definition) is 5. The molecule has 1 aliphatic heterocycles. The van der Waals surface area contributed by atoms with Crippen LogP contribution in [-0.4, -0.2) is 29.0 Å². The molecule has 1 aromatic carbocycles. The fourth-order valence-electron chi connectivity index (χ4n) is 3.37. The number of fused-ring (bicyclic) bond motifs is 1. The van der Waals surface area contributed by atoms with E-state index in [-0.39, 0.29) is 17.9 Å². The van der Waals surface area contributed by atoms with E-state index in [1.807, 2.05) is 43.3 Å². The minimum Gasteiger partial charge on any atom is -0.423 e. The highest BCUT2D eigenvalue weighted by atomic mass is 16.4. The van der Waals surface area contributed by atoms with Crippen LogP contribution in [0.1, 0.15) is 31.4 Å². The Morgan fingerprint density at radius 2 is 2.04 bits per heavy atom. The van der Waals surface area contributed by atoms with E-state index in [9.17, 15) is 4.79 Å². The number of rotatable bonds is 4. The van der Waals surface area contributed by atoms with Crippen molar-refractivity contribution < 1.29 is 9.21 Å². The molecule has 0 bridgehead atoms. The number of piperidine rings is 1. The van der Waals surface area contributed by atoms with Crippen molar-refractivity contribution in [2.75, 3.05) is 18.0 Å². The number of hydrogen-bond donors (Lipinski definition) is 1. The number of carbonyl (C=O) groups excluding carboxylic acids is 1. The van der Waals surface area contributed by atoms with E-state index >= 15 is 0 Å². The Hall–Kier alpha value is -2.89. The summed E-state index contributed by atoms with van der Waals surface area (Å²) in [5, 5.41) is 3.11. The molecular weight excluding hydrogens is 328 g/mol. The van der Waals surface area contributed by atoms with Crippen molar-refractivity contribution in [2.24, 2.45) is 5.92 Å². The van der Waals surface area contributed by atoms with Gasteiger partial charge in [0.2, 0.25) is 5.91 Å². The number of para-hydroxylation sites is 2. The summed E-state index contributed by atoms with van der Waals surface area (Å²) < 4.78 is 5.83. The first kappa shape index (κ1) is 16.6. The second-order valence-corrected chi connectivity index (χ2v) is 6.74. The largest absolute Gasteiger partial charge is 0.423 e. The zero-order chi connectivity index (χ0) is 17.9. The van der Waals surface area contributed by atoms with E-state index in [1.165, 1.54) is 0 Å². The van der Waals surface area contributed by atoms with E-state index in [0.29, 0.717) is 6.01 Å². The van der Waals surface area contributed by atoms with Gasteiger partial charge in [-0.1, -0.05) is 18.2 Å². The summed E-state index contributed by atoms with van der Waals surface area (Å²) >= 11 is 0. The smallest absolute Gasteiger partial charge is 0.298 e. The first-order valence-corrected chi connectivity index (χ1v) is 9.01. The number of pyridine rings is 1. The van der Waals surface area contributed by atoms with Gasteiger partial charge >= 0.3 is 0 Å². The molecule has 0 aliphatic carbocycles. The number of nitrogens with zero attached hydrogens (tertiary/aromatic N) is 3. The number of amides is 1. The normalized spacial score (nSPS) is 16.6. The highest BCUT2D eigenvalue weighted by molar-refractivity contribution is 5.79. The molecule has 6 nitrogen and oxygen atoms in total. The molecule has 3 aromatic rings. The first-order valence-electron chi connectivity index (χ1n) is 9.01. The number of anilines is 1. The molecule has 0 radical (unpaired) electrons. The molecule has 6 heteroatoms. The molecule has 1 amide bonds. The maximum absolute atomic E-state index is 12.6. The van der Waals surface area contributed by atoms with Crippen LogP contribution in [0.15, 0.2) is 53.2 Å². The summed E-state index contributed by atoms with van der Waals surface area (Å²) in [4.78, 5) is 23.4. The number of carbonyl (C=O) groups is 1. The zero-order valence-corrected chi connectivity index (χ0v) is 14.8. The van der Waals surface area contributed by atoms with Crippen LogP contribution in [0.5, 0.6) is 0 Å². The topological polar surface area (TPSA) is 71.3 Å². The lowest BCUT2D eigenvalue weighted by molar-refractivity contribution is -0.126. The van der Waals surface area contributed by atoms with Gasteiger partial charge in [0.15, 0.2) is 5.58 Å². The predicted molar refractivity (Wildman–Crippen MR) is 99.7 cm³/mol. The van der Waals surface area contributed by atoms with Crippen molar-refractivity contribution in [2.45, 2.75) is 25.8 Å². The van der Waals surface area contributed by atoms with Gasteiger partial charge in [-0.25, -0.2) is 0 Å². The first-order chi connectivity index (χ1) is 12.7. The van der Waals surface area contributed by atoms with Gasteiger partial charge in [-0.3, -0.25) is 9.78 Å². The predicted octanol–water partition coefficient (Wildman–Crippen LogP) is 3.32. The van der Waals surface area contributed by atoms with Crippen molar-refractivity contribution in [3.05, 3.63) is 54.4 Å². The lowest BCUT2D eigenvalue weighted by Crippen LogP contribution is -2.41. The van der Waals surface area contributed by atoms with E-state index < -0.39 is 0 Å². The fraction of sp³-hybridized carbons (Fsp3) is 0.350. The van der Waals surface area contributed by atoms with Crippen LogP contribution >= 0.6 is 0 Å². The second-order valence-electron chi connectivity index (χ2n) is 6.74. The van der Waals surface area contributed by atoms with Crippen molar-refractivity contribution >= 4 is 23.0 Å². The maximum atomic E-state index is 12.6. The van der Waals surface area contributed by atoms with Gasteiger partial charge in [-0.15, -0.1) is 0 Å². The summed E-state index contributed by atoms with van der Waals surface area (Å²) in [5.41, 5.74) is 2.69. The number of oxazole rings is 1. The third-order valence-corrected chi connectivity index (χ3v) is 4.96. The summed E-state index contributed by atoms with van der Waals surface area (Å²) in [6, 6.07) is 12.2. The molecule has 134 valence electrons. The molecule has 0 spiro atoms. The number of aromatic nitrogens is 2. The SMILES string of the molecule is CC(NC(=O)C1CCN(c2nc3ccccc3o2)CC1)c1cccnc1. The van der Waals surface area contributed by atoms with Gasteiger partial charge in [0.1, 0.15) is 5.52 Å². The fourth-order valence-corrected chi connectivity index (χ4v) is 3.37.